The standard InChI is InChI=1S/C15H26N2O/c1-17(9-10-18-12-13-7-8-13)15-6-4-2-3-5-14(15)11-16/h13-15H,2-10,12H2,1H3. The SMILES string of the molecule is CN(CCOCC1CC1)C1CCCCCC1C#N. The Balaban J connectivity index is 1.70. The van der Waals surface area contributed by atoms with Crippen molar-refractivity contribution in [1.82, 2.24) is 4.90 Å². The second-order valence-electron chi connectivity index (χ2n) is 5.94. The van der Waals surface area contributed by atoms with Crippen LogP contribution in [0.1, 0.15) is 44.9 Å². The van der Waals surface area contributed by atoms with Gasteiger partial charge < -0.3 is 4.74 Å². The molecular formula is C15H26N2O. The summed E-state index contributed by atoms with van der Waals surface area (Å²) in [6.45, 7) is 2.73. The maximum atomic E-state index is 9.28. The highest BCUT2D eigenvalue weighted by atomic mass is 16.5. The van der Waals surface area contributed by atoms with Gasteiger partial charge in [-0.05, 0) is 38.6 Å². The van der Waals surface area contributed by atoms with Crippen molar-refractivity contribution in [2.24, 2.45) is 11.8 Å². The molecule has 18 heavy (non-hydrogen) atoms. The lowest BCUT2D eigenvalue weighted by Gasteiger charge is -2.30. The fourth-order valence-electron chi connectivity index (χ4n) is 2.88. The zero-order valence-corrected chi connectivity index (χ0v) is 11.6. The van der Waals surface area contributed by atoms with Crippen molar-refractivity contribution in [2.75, 3.05) is 26.8 Å². The Morgan fingerprint density at radius 2 is 1.94 bits per heavy atom. The van der Waals surface area contributed by atoms with E-state index in [0.29, 0.717) is 6.04 Å². The van der Waals surface area contributed by atoms with Crippen LogP contribution in [-0.4, -0.2) is 37.7 Å². The lowest BCUT2D eigenvalue weighted by atomic mass is 9.95. The Kier molecular flexibility index (Phi) is 5.46. The van der Waals surface area contributed by atoms with Gasteiger partial charge in [0.2, 0.25) is 0 Å². The minimum Gasteiger partial charge on any atom is -0.380 e. The molecule has 0 aromatic heterocycles. The van der Waals surface area contributed by atoms with E-state index in [1.165, 1.54) is 38.5 Å². The molecule has 2 unspecified atom stereocenters. The second-order valence-corrected chi connectivity index (χ2v) is 5.94. The molecule has 2 aliphatic carbocycles. The van der Waals surface area contributed by atoms with E-state index in [9.17, 15) is 5.26 Å². The maximum absolute atomic E-state index is 9.28. The first kappa shape index (κ1) is 13.8. The van der Waals surface area contributed by atoms with E-state index >= 15 is 0 Å². The molecular weight excluding hydrogens is 224 g/mol. The van der Waals surface area contributed by atoms with Crippen LogP contribution in [0.15, 0.2) is 0 Å². The van der Waals surface area contributed by atoms with Crippen molar-refractivity contribution < 1.29 is 4.74 Å². The summed E-state index contributed by atoms with van der Waals surface area (Å²) in [5, 5.41) is 9.28. The molecule has 0 aliphatic heterocycles. The Morgan fingerprint density at radius 1 is 1.17 bits per heavy atom. The van der Waals surface area contributed by atoms with Gasteiger partial charge in [0.25, 0.3) is 0 Å². The third kappa shape index (κ3) is 4.26. The average molecular weight is 250 g/mol. The van der Waals surface area contributed by atoms with E-state index in [1.807, 2.05) is 0 Å². The number of hydrogen-bond acceptors (Lipinski definition) is 3. The number of nitriles is 1. The summed E-state index contributed by atoms with van der Waals surface area (Å²) in [6.07, 6.45) is 8.76. The molecule has 0 radical (unpaired) electrons. The molecule has 0 amide bonds. The summed E-state index contributed by atoms with van der Waals surface area (Å²) < 4.78 is 5.69. The van der Waals surface area contributed by atoms with Crippen LogP contribution >= 0.6 is 0 Å². The van der Waals surface area contributed by atoms with Crippen LogP contribution in [0.2, 0.25) is 0 Å². The zero-order chi connectivity index (χ0) is 12.8. The van der Waals surface area contributed by atoms with Gasteiger partial charge >= 0.3 is 0 Å². The Labute approximate surface area is 111 Å². The summed E-state index contributed by atoms with van der Waals surface area (Å²) in [7, 11) is 2.15. The third-order valence-electron chi connectivity index (χ3n) is 4.35. The van der Waals surface area contributed by atoms with Crippen LogP contribution in [0.3, 0.4) is 0 Å². The van der Waals surface area contributed by atoms with E-state index < -0.39 is 0 Å². The van der Waals surface area contributed by atoms with E-state index in [2.05, 4.69) is 18.0 Å². The van der Waals surface area contributed by atoms with Crippen LogP contribution in [-0.2, 0) is 4.74 Å². The summed E-state index contributed by atoms with van der Waals surface area (Å²) in [5.74, 6) is 1.07. The van der Waals surface area contributed by atoms with Crippen molar-refractivity contribution in [3.8, 4) is 6.07 Å². The van der Waals surface area contributed by atoms with Gasteiger partial charge in [0.05, 0.1) is 18.6 Å². The van der Waals surface area contributed by atoms with Crippen LogP contribution in [0.5, 0.6) is 0 Å². The first-order chi connectivity index (χ1) is 8.81. The van der Waals surface area contributed by atoms with Gasteiger partial charge in [-0.15, -0.1) is 0 Å². The molecule has 0 N–H and O–H groups in total. The zero-order valence-electron chi connectivity index (χ0n) is 11.6. The molecule has 0 saturated heterocycles. The molecule has 3 nitrogen and oxygen atoms in total. The van der Waals surface area contributed by atoms with E-state index in [-0.39, 0.29) is 5.92 Å². The number of nitrogens with zero attached hydrogens (tertiary/aromatic N) is 2. The van der Waals surface area contributed by atoms with E-state index in [4.69, 9.17) is 4.74 Å². The van der Waals surface area contributed by atoms with Crippen molar-refractivity contribution in [1.29, 1.82) is 5.26 Å². The number of rotatable bonds is 6. The minimum absolute atomic E-state index is 0.223. The number of likely N-dealkylation sites (N-methyl/N-ethyl adjacent to an activating group) is 1. The van der Waals surface area contributed by atoms with Crippen LogP contribution in [0.25, 0.3) is 0 Å². The minimum atomic E-state index is 0.223. The average Bonchev–Trinajstić information content (AvgIpc) is 3.20. The molecule has 0 spiro atoms. The van der Waals surface area contributed by atoms with Crippen LogP contribution in [0.4, 0.5) is 0 Å². The maximum Gasteiger partial charge on any atom is 0.0672 e. The van der Waals surface area contributed by atoms with Gasteiger partial charge in [-0.3, -0.25) is 4.90 Å². The summed E-state index contributed by atoms with van der Waals surface area (Å²) in [6, 6.07) is 2.96. The molecule has 0 aromatic rings. The molecule has 102 valence electrons. The summed E-state index contributed by atoms with van der Waals surface area (Å²) >= 11 is 0. The molecule has 2 fully saturated rings. The Morgan fingerprint density at radius 3 is 2.67 bits per heavy atom. The predicted molar refractivity (Wildman–Crippen MR) is 72.1 cm³/mol. The first-order valence-electron chi connectivity index (χ1n) is 7.49. The highest BCUT2D eigenvalue weighted by Crippen LogP contribution is 2.29. The largest absolute Gasteiger partial charge is 0.380 e. The van der Waals surface area contributed by atoms with Gasteiger partial charge in [-0.2, -0.15) is 5.26 Å². The van der Waals surface area contributed by atoms with Gasteiger partial charge in [-0.25, -0.2) is 0 Å². The highest BCUT2D eigenvalue weighted by molar-refractivity contribution is 4.94. The molecule has 2 atom stereocenters. The fraction of sp³-hybridized carbons (Fsp3) is 0.933. The van der Waals surface area contributed by atoms with Gasteiger partial charge in [0.15, 0.2) is 0 Å². The van der Waals surface area contributed by atoms with Gasteiger partial charge in [0.1, 0.15) is 0 Å². The molecule has 0 aromatic carbocycles. The summed E-state index contributed by atoms with van der Waals surface area (Å²) in [4.78, 5) is 2.35. The Bertz CT molecular complexity index is 283. The van der Waals surface area contributed by atoms with Crippen molar-refractivity contribution >= 4 is 0 Å². The first-order valence-corrected chi connectivity index (χ1v) is 7.49. The van der Waals surface area contributed by atoms with Gasteiger partial charge in [0, 0.05) is 19.2 Å². The van der Waals surface area contributed by atoms with Crippen LogP contribution < -0.4 is 0 Å². The topological polar surface area (TPSA) is 36.3 Å². The number of ether oxygens (including phenoxy) is 1. The van der Waals surface area contributed by atoms with E-state index in [0.717, 1.165) is 32.1 Å². The lowest BCUT2D eigenvalue weighted by Crippen LogP contribution is -2.39. The van der Waals surface area contributed by atoms with Crippen molar-refractivity contribution in [2.45, 2.75) is 51.0 Å². The van der Waals surface area contributed by atoms with Crippen LogP contribution in [0, 0.1) is 23.2 Å². The highest BCUT2D eigenvalue weighted by Gasteiger charge is 2.27. The molecule has 2 rings (SSSR count). The normalized spacial score (nSPS) is 28.9. The molecule has 2 saturated carbocycles. The molecule has 0 heterocycles. The fourth-order valence-corrected chi connectivity index (χ4v) is 2.88. The quantitative estimate of drug-likeness (QED) is 0.537. The molecule has 3 heteroatoms. The van der Waals surface area contributed by atoms with Crippen molar-refractivity contribution in [3.63, 3.8) is 0 Å². The predicted octanol–water partition coefficient (Wildman–Crippen LogP) is 2.82. The second kappa shape index (κ2) is 7.11. The number of hydrogen-bond donors (Lipinski definition) is 0. The third-order valence-corrected chi connectivity index (χ3v) is 4.35. The molecule has 2 aliphatic rings. The van der Waals surface area contributed by atoms with Crippen molar-refractivity contribution in [3.05, 3.63) is 0 Å². The van der Waals surface area contributed by atoms with Gasteiger partial charge in [-0.1, -0.05) is 19.3 Å². The monoisotopic (exact) mass is 250 g/mol. The molecule has 0 bridgehead atoms. The smallest absolute Gasteiger partial charge is 0.0672 e. The van der Waals surface area contributed by atoms with E-state index in [1.54, 1.807) is 0 Å². The Hall–Kier alpha value is -0.590. The lowest BCUT2D eigenvalue weighted by molar-refractivity contribution is 0.0827. The summed E-state index contributed by atoms with van der Waals surface area (Å²) in [5.41, 5.74) is 0.